The number of nitro benzene ring substituents is 2. The van der Waals surface area contributed by atoms with Crippen molar-refractivity contribution in [2.45, 2.75) is 105 Å². The second kappa shape index (κ2) is 25.9. The third kappa shape index (κ3) is 12.2. The number of phenols is 2. The van der Waals surface area contributed by atoms with Crippen LogP contribution in [-0.2, 0) is 40.7 Å². The Morgan fingerprint density at radius 1 is 0.726 bits per heavy atom. The van der Waals surface area contributed by atoms with Crippen molar-refractivity contribution in [2.24, 2.45) is 20.5 Å². The van der Waals surface area contributed by atoms with Gasteiger partial charge in [0.15, 0.2) is 11.4 Å². The predicted molar refractivity (Wildman–Crippen MR) is 317 cm³/mol. The molecule has 9 rings (SSSR count). The second-order valence-corrected chi connectivity index (χ2v) is 20.9. The third-order valence-corrected chi connectivity index (χ3v) is 14.9. The van der Waals surface area contributed by atoms with Gasteiger partial charge in [-0.25, -0.2) is 4.85 Å². The molecule has 84 heavy (non-hydrogen) atoms. The maximum Gasteiger partial charge on any atom is 0.271 e. The van der Waals surface area contributed by atoms with Crippen LogP contribution in [0.3, 0.4) is 0 Å². The van der Waals surface area contributed by atoms with Gasteiger partial charge in [0.05, 0.1) is 21.8 Å². The fourth-order valence-corrected chi connectivity index (χ4v) is 10.3. The fourth-order valence-electron chi connectivity index (χ4n) is 10.3. The quantitative estimate of drug-likeness (QED) is 0.0275. The number of para-hydroxylation sites is 1. The Hall–Kier alpha value is -9.84. The first-order chi connectivity index (χ1) is 39.4. The molecule has 0 aliphatic carbocycles. The van der Waals surface area contributed by atoms with E-state index in [1.54, 1.807) is 6.07 Å². The number of azo groups is 2. The molecule has 5 aromatic carbocycles. The van der Waals surface area contributed by atoms with Crippen LogP contribution in [0.4, 0.5) is 51.2 Å². The number of nitrogens with zero attached hydrogens (tertiary/aromatic N) is 12. The van der Waals surface area contributed by atoms with Gasteiger partial charge in [-0.05, 0) is 86.7 Å². The summed E-state index contributed by atoms with van der Waals surface area (Å²) in [5.74, 6) is -1.60. The molecule has 0 fully saturated rings. The van der Waals surface area contributed by atoms with Gasteiger partial charge in [-0.3, -0.25) is 39.0 Å². The number of hydrogen-bond donors (Lipinski definition) is 4. The Kier molecular flexibility index (Phi) is 19.6. The van der Waals surface area contributed by atoms with Crippen LogP contribution < -0.4 is 16.0 Å². The molecule has 7 aromatic rings. The molecule has 0 bridgehead atoms. The number of likely N-dealkylation sites (N-methyl/N-ethyl adjacent to an activating group) is 1. The third-order valence-electron chi connectivity index (χ3n) is 14.9. The van der Waals surface area contributed by atoms with Crippen LogP contribution in [0.5, 0.6) is 23.3 Å². The summed E-state index contributed by atoms with van der Waals surface area (Å²) in [4.78, 5) is 50.7. The molecule has 23 heteroatoms. The molecule has 435 valence electrons. The summed E-state index contributed by atoms with van der Waals surface area (Å²) in [5, 5.41) is 89.3. The number of allylic oxidation sites excluding steroid dienone is 2. The van der Waals surface area contributed by atoms with E-state index in [1.807, 2.05) is 13.8 Å². The van der Waals surface area contributed by atoms with E-state index < -0.39 is 32.7 Å². The summed E-state index contributed by atoms with van der Waals surface area (Å²) in [7, 11) is 4.41. The van der Waals surface area contributed by atoms with E-state index in [0.717, 1.165) is 58.4 Å². The van der Waals surface area contributed by atoms with Crippen molar-refractivity contribution in [1.29, 1.82) is 5.26 Å². The molecular weight excluding hydrogens is 1120 g/mol. The Morgan fingerprint density at radius 2 is 1.24 bits per heavy atom. The van der Waals surface area contributed by atoms with Crippen LogP contribution in [0.1, 0.15) is 95.0 Å². The van der Waals surface area contributed by atoms with Crippen molar-refractivity contribution in [3.05, 3.63) is 189 Å². The Labute approximate surface area is 494 Å². The van der Waals surface area contributed by atoms with Gasteiger partial charge in [0.1, 0.15) is 47.2 Å². The summed E-state index contributed by atoms with van der Waals surface area (Å²) in [6.45, 7) is 23.7. The minimum absolute atomic E-state index is 0. The van der Waals surface area contributed by atoms with Gasteiger partial charge < -0.3 is 25.3 Å². The van der Waals surface area contributed by atoms with E-state index in [2.05, 4.69) is 143 Å². The summed E-state index contributed by atoms with van der Waals surface area (Å²) < 4.78 is 4.48. The minimum Gasteiger partial charge on any atom is -0.506 e. The molecule has 2 aliphatic rings. The maximum atomic E-state index is 12.3. The van der Waals surface area contributed by atoms with E-state index in [0.29, 0.717) is 12.8 Å². The fraction of sp³-hybridized carbons (Fsp3) is 0.295. The predicted octanol–water partition coefficient (Wildman–Crippen LogP) is 14.0. The maximum absolute atomic E-state index is 12.3. The number of aromatic hydroxyl groups is 4. The zero-order valence-electron chi connectivity index (χ0n) is 48.0. The number of rotatable bonds is 13. The van der Waals surface area contributed by atoms with Crippen molar-refractivity contribution >= 4 is 67.7 Å². The number of unbranched alkanes of at least 4 members (excludes halogenated alkanes) is 2. The molecule has 0 saturated carbocycles. The van der Waals surface area contributed by atoms with E-state index in [1.165, 1.54) is 58.5 Å². The number of fused-ring (bicyclic) bond motifs is 4. The summed E-state index contributed by atoms with van der Waals surface area (Å²) >= 11 is 0. The van der Waals surface area contributed by atoms with Gasteiger partial charge in [0.2, 0.25) is 17.4 Å². The van der Waals surface area contributed by atoms with E-state index >= 15 is 0 Å². The number of non-ortho nitro benzene ring substituents is 2. The molecule has 4 heterocycles. The zero-order valence-corrected chi connectivity index (χ0v) is 49.0. The number of benzene rings is 5. The number of anilines is 1. The van der Waals surface area contributed by atoms with Crippen molar-refractivity contribution < 1.29 is 51.6 Å². The van der Waals surface area contributed by atoms with Crippen LogP contribution in [0.25, 0.3) is 15.6 Å². The monoisotopic (exact) mass is 1180 g/mol. The molecule has 1 radical (unpaired) electrons. The first-order valence-corrected chi connectivity index (χ1v) is 26.5. The second-order valence-electron chi connectivity index (χ2n) is 20.9. The van der Waals surface area contributed by atoms with Crippen molar-refractivity contribution in [3.63, 3.8) is 0 Å². The van der Waals surface area contributed by atoms with E-state index in [9.17, 15) is 55.5 Å². The molecule has 22 nitrogen and oxygen atoms in total. The molecule has 0 unspecified atom stereocenters. The zero-order chi connectivity index (χ0) is 60.8. The SMILES string of the molecule is CCCCn1c(O)c(N=Nc2cc([N+](=O)[O-])ccc2O)c(C)c(C#N)c1=O.CN1C(=CC2=[N+](C)c3ccc4ccccc4c3C2(C)C)C(C)(C)c2ccccc21.[C-]#[N+]c1c(C)c(N=Nc2cc([N+](=O)[O-])ccc2O)c(O)n(CCCC)c1=O.[Co]. The average molecular weight is 1180 g/mol. The molecular formula is C61H63CoN12O10+. The van der Waals surface area contributed by atoms with Crippen LogP contribution in [0.2, 0.25) is 0 Å². The van der Waals surface area contributed by atoms with E-state index in [4.69, 9.17) is 6.57 Å². The average Bonchev–Trinajstić information content (AvgIpc) is 2.53. The first kappa shape index (κ1) is 63.3. The smallest absolute Gasteiger partial charge is 0.271 e. The van der Waals surface area contributed by atoms with Crippen molar-refractivity contribution in [1.82, 2.24) is 9.13 Å². The van der Waals surface area contributed by atoms with Gasteiger partial charge in [-0.2, -0.15) is 9.84 Å². The minimum atomic E-state index is -0.653. The molecule has 0 atom stereocenters. The topological polar surface area (TPSA) is 295 Å². The number of nitro groups is 2. The molecule has 4 N–H and O–H groups in total. The summed E-state index contributed by atoms with van der Waals surface area (Å²) in [6.07, 6.45) is 5.18. The molecule has 0 amide bonds. The molecule has 2 aromatic heterocycles. The normalized spacial score (nSPS) is 14.0. The van der Waals surface area contributed by atoms with Gasteiger partial charge in [0, 0.05) is 101 Å². The number of aromatic nitrogens is 2. The number of phenolic OH excluding ortho intramolecular Hbond substituents is 2. The number of hydrogen-bond acceptors (Lipinski definition) is 16. The molecule has 2 aliphatic heterocycles. The Balaban J connectivity index is 0.000000201. The van der Waals surface area contributed by atoms with Gasteiger partial charge in [-0.15, -0.1) is 20.5 Å². The Morgan fingerprint density at radius 3 is 1.75 bits per heavy atom. The van der Waals surface area contributed by atoms with E-state index in [-0.39, 0.29) is 109 Å². The standard InChI is InChI=1S/C27H29N2.2C17H17N5O5.Co/c1-26(2)20-13-9-10-14-21(20)28(5)23(26)17-24-27(3,4)25-19-12-8-7-11-18(19)15-16-22(25)29(24)6;1-4-5-8-21-16(24)14(18-3)10(2)15(17(21)25)20-19-12-9-11(22(26)27)6-7-13(12)23;1-3-4-7-21-16(24)12(9-18)10(2)15(17(21)25)20-19-13-8-11(22(26)27)5-6-14(13)23;/h7-17H,1-6H3;6-7,9,23,25H,4-5,8H2,1-2H3;5-6,8,23,25H,3-4,7H2,1-2H3;/q+1;;;. The first-order valence-electron chi connectivity index (χ1n) is 26.5. The van der Waals surface area contributed by atoms with Gasteiger partial charge >= 0.3 is 0 Å². The van der Waals surface area contributed by atoms with Crippen LogP contribution in [0, 0.1) is 52.0 Å². The number of nitriles is 1. The summed E-state index contributed by atoms with van der Waals surface area (Å²) in [6, 6.07) is 30.3. The largest absolute Gasteiger partial charge is 0.506 e. The van der Waals surface area contributed by atoms with Gasteiger partial charge in [0.25, 0.3) is 28.2 Å². The van der Waals surface area contributed by atoms with Crippen LogP contribution >= 0.6 is 0 Å². The van der Waals surface area contributed by atoms with Crippen LogP contribution in [-0.4, -0.2) is 63.8 Å². The van der Waals surface area contributed by atoms with Crippen molar-refractivity contribution in [3.8, 4) is 29.3 Å². The Bertz CT molecular complexity index is 3950. The molecule has 0 saturated heterocycles. The number of pyridine rings is 2. The van der Waals surface area contributed by atoms with Crippen LogP contribution in [0.15, 0.2) is 139 Å². The summed E-state index contributed by atoms with van der Waals surface area (Å²) in [5.41, 5.74) is 5.53. The molecule has 0 spiro atoms. The van der Waals surface area contributed by atoms with Crippen molar-refractivity contribution in [2.75, 3.05) is 19.0 Å². The van der Waals surface area contributed by atoms with Gasteiger partial charge in [-0.1, -0.05) is 83.0 Å².